The Morgan fingerprint density at radius 2 is 1.37 bits per heavy atom. The van der Waals surface area contributed by atoms with E-state index in [9.17, 15) is 22.7 Å². The molecular weight excluding hydrogens is 606 g/mol. The number of hydrogen-bond acceptors (Lipinski definition) is 3. The topological polar surface area (TPSA) is 42.0 Å². The highest BCUT2D eigenvalue weighted by atomic mass is 19.2. The molecule has 3 aromatic carbocycles. The summed E-state index contributed by atoms with van der Waals surface area (Å²) >= 11 is 0. The lowest BCUT2D eigenvalue weighted by atomic mass is 9.75. The zero-order valence-corrected chi connectivity index (χ0v) is 25.7. The third kappa shape index (κ3) is 6.58. The SMILES string of the molecule is CCCC(O)c1ccc(C2=CCC(COc3ccc(C4CCC(c5ccc(C6CO6)c(F)c5F)CC4)c(F)c3F)CC2)c(F)c1F. The van der Waals surface area contributed by atoms with Gasteiger partial charge >= 0.3 is 0 Å². The van der Waals surface area contributed by atoms with Crippen molar-refractivity contribution in [3.8, 4) is 5.75 Å². The molecule has 6 rings (SSSR count). The Kier molecular flexibility index (Phi) is 9.80. The van der Waals surface area contributed by atoms with Gasteiger partial charge in [0.05, 0.1) is 19.3 Å². The number of rotatable bonds is 10. The lowest BCUT2D eigenvalue weighted by molar-refractivity contribution is 0.160. The van der Waals surface area contributed by atoms with E-state index in [-0.39, 0.29) is 58.5 Å². The van der Waals surface area contributed by atoms with Crippen LogP contribution >= 0.6 is 0 Å². The second-order valence-electron chi connectivity index (χ2n) is 12.8. The number of hydrogen-bond donors (Lipinski definition) is 1. The van der Waals surface area contributed by atoms with Crippen molar-refractivity contribution in [2.24, 2.45) is 5.92 Å². The van der Waals surface area contributed by atoms with Crippen molar-refractivity contribution in [2.45, 2.75) is 88.8 Å². The molecule has 2 fully saturated rings. The number of aliphatic hydroxyl groups is 1. The van der Waals surface area contributed by atoms with Gasteiger partial charge in [-0.2, -0.15) is 4.39 Å². The number of halogens is 6. The molecule has 1 aliphatic heterocycles. The number of epoxide rings is 1. The van der Waals surface area contributed by atoms with Gasteiger partial charge in [0.2, 0.25) is 5.82 Å². The standard InChI is InChI=1S/C37H38F6O3/c1-2-3-29(44)27-14-12-24(32(38)35(27)41)21-6-4-20(5-7-21)18-45-30-17-16-26(34(40)37(30)43)23-10-8-22(9-11-23)25-13-15-28(31-19-46-31)36(42)33(25)39/h6,12-17,20,22-23,29,31,44H,2-5,7-11,18-19H2,1H3. The van der Waals surface area contributed by atoms with Crippen molar-refractivity contribution in [1.29, 1.82) is 0 Å². The van der Waals surface area contributed by atoms with Crippen molar-refractivity contribution < 1.29 is 40.9 Å². The first-order chi connectivity index (χ1) is 22.2. The van der Waals surface area contributed by atoms with Crippen LogP contribution in [0.4, 0.5) is 26.3 Å². The van der Waals surface area contributed by atoms with Crippen LogP contribution in [-0.4, -0.2) is 18.3 Å². The molecule has 1 heterocycles. The van der Waals surface area contributed by atoms with Crippen LogP contribution in [0.5, 0.6) is 5.75 Å². The van der Waals surface area contributed by atoms with Crippen molar-refractivity contribution in [2.75, 3.05) is 13.2 Å². The Labute approximate surface area is 265 Å². The zero-order valence-electron chi connectivity index (χ0n) is 25.7. The Bertz CT molecular complexity index is 1610. The highest BCUT2D eigenvalue weighted by Gasteiger charge is 2.33. The van der Waals surface area contributed by atoms with Crippen LogP contribution in [0.25, 0.3) is 5.57 Å². The summed E-state index contributed by atoms with van der Waals surface area (Å²) in [5, 5.41) is 10.1. The maximum absolute atomic E-state index is 15.2. The predicted molar refractivity (Wildman–Crippen MR) is 162 cm³/mol. The first-order valence-corrected chi connectivity index (χ1v) is 16.2. The second kappa shape index (κ2) is 13.8. The maximum Gasteiger partial charge on any atom is 0.200 e. The minimum Gasteiger partial charge on any atom is -0.490 e. The summed E-state index contributed by atoms with van der Waals surface area (Å²) in [4.78, 5) is 0. The molecule has 2 aliphatic carbocycles. The first-order valence-electron chi connectivity index (χ1n) is 16.2. The predicted octanol–water partition coefficient (Wildman–Crippen LogP) is 10.1. The Morgan fingerprint density at radius 3 is 1.98 bits per heavy atom. The smallest absolute Gasteiger partial charge is 0.200 e. The van der Waals surface area contributed by atoms with Crippen molar-refractivity contribution >= 4 is 5.57 Å². The molecule has 3 aromatic rings. The van der Waals surface area contributed by atoms with E-state index in [0.29, 0.717) is 75.5 Å². The van der Waals surface area contributed by atoms with Gasteiger partial charge in [-0.1, -0.05) is 49.8 Å². The highest BCUT2D eigenvalue weighted by molar-refractivity contribution is 5.67. The summed E-state index contributed by atoms with van der Waals surface area (Å²) in [7, 11) is 0. The van der Waals surface area contributed by atoms with Gasteiger partial charge in [0.25, 0.3) is 0 Å². The molecule has 0 bridgehead atoms. The fourth-order valence-corrected chi connectivity index (χ4v) is 7.05. The molecule has 3 unspecified atom stereocenters. The number of benzene rings is 3. The first kappa shape index (κ1) is 32.6. The summed E-state index contributed by atoms with van der Waals surface area (Å²) in [6.07, 6.45) is 5.01. The molecule has 0 spiro atoms. The van der Waals surface area contributed by atoms with E-state index in [1.54, 1.807) is 18.2 Å². The van der Waals surface area contributed by atoms with Gasteiger partial charge in [-0.25, -0.2) is 22.0 Å². The van der Waals surface area contributed by atoms with Crippen molar-refractivity contribution in [3.05, 3.63) is 105 Å². The van der Waals surface area contributed by atoms with Crippen LogP contribution in [0.2, 0.25) is 0 Å². The molecule has 0 amide bonds. The van der Waals surface area contributed by atoms with Gasteiger partial charge in [-0.3, -0.25) is 0 Å². The third-order valence-electron chi connectivity index (χ3n) is 9.88. The Balaban J connectivity index is 1.04. The van der Waals surface area contributed by atoms with Crippen molar-refractivity contribution in [3.63, 3.8) is 0 Å². The van der Waals surface area contributed by atoms with E-state index in [4.69, 9.17) is 9.47 Å². The molecule has 1 saturated carbocycles. The molecule has 3 nitrogen and oxygen atoms in total. The van der Waals surface area contributed by atoms with E-state index >= 15 is 8.78 Å². The molecule has 0 radical (unpaired) electrons. The van der Waals surface area contributed by atoms with E-state index < -0.39 is 41.0 Å². The molecule has 1 N–H and O–H groups in total. The van der Waals surface area contributed by atoms with Crippen LogP contribution < -0.4 is 4.74 Å². The minimum absolute atomic E-state index is 0.0178. The summed E-state index contributed by atoms with van der Waals surface area (Å²) in [6, 6.07) is 9.10. The summed E-state index contributed by atoms with van der Waals surface area (Å²) in [5.41, 5.74) is 1.59. The normalized spacial score (nSPS) is 23.6. The van der Waals surface area contributed by atoms with E-state index in [1.165, 1.54) is 18.2 Å². The summed E-state index contributed by atoms with van der Waals surface area (Å²) in [5.74, 6) is -6.38. The van der Waals surface area contributed by atoms with Gasteiger partial charge < -0.3 is 14.6 Å². The van der Waals surface area contributed by atoms with Gasteiger partial charge in [0.15, 0.2) is 34.8 Å². The van der Waals surface area contributed by atoms with Crippen LogP contribution in [0.15, 0.2) is 42.5 Å². The molecule has 0 aromatic heterocycles. The van der Waals surface area contributed by atoms with Gasteiger partial charge in [0.1, 0.15) is 6.10 Å². The molecule has 1 saturated heterocycles. The van der Waals surface area contributed by atoms with Gasteiger partial charge in [0, 0.05) is 16.7 Å². The monoisotopic (exact) mass is 644 g/mol. The van der Waals surface area contributed by atoms with E-state index in [1.807, 2.05) is 13.0 Å². The molecule has 3 aliphatic rings. The fraction of sp³-hybridized carbons (Fsp3) is 0.459. The molecule has 246 valence electrons. The molecule has 46 heavy (non-hydrogen) atoms. The highest BCUT2D eigenvalue weighted by Crippen LogP contribution is 2.44. The van der Waals surface area contributed by atoms with Crippen LogP contribution in [-0.2, 0) is 4.74 Å². The average Bonchev–Trinajstić information content (AvgIpc) is 3.90. The Morgan fingerprint density at radius 1 is 0.761 bits per heavy atom. The Hall–Kier alpha value is -3.30. The van der Waals surface area contributed by atoms with Gasteiger partial charge in [-0.05, 0) is 91.9 Å². The minimum atomic E-state index is -1.06. The average molecular weight is 645 g/mol. The molecular formula is C37H38F6O3. The quantitative estimate of drug-likeness (QED) is 0.176. The lowest BCUT2D eigenvalue weighted by Gasteiger charge is -2.30. The van der Waals surface area contributed by atoms with Crippen LogP contribution in [0, 0.1) is 40.8 Å². The van der Waals surface area contributed by atoms with Crippen LogP contribution in [0.1, 0.15) is 117 Å². The number of ether oxygens (including phenoxy) is 2. The lowest BCUT2D eigenvalue weighted by Crippen LogP contribution is -2.17. The zero-order chi connectivity index (χ0) is 32.5. The van der Waals surface area contributed by atoms with E-state index in [2.05, 4.69) is 0 Å². The van der Waals surface area contributed by atoms with Crippen LogP contribution in [0.3, 0.4) is 0 Å². The number of allylic oxidation sites excluding steroid dienone is 2. The van der Waals surface area contributed by atoms with E-state index in [0.717, 1.165) is 0 Å². The molecule has 9 heteroatoms. The summed E-state index contributed by atoms with van der Waals surface area (Å²) in [6.45, 7) is 2.38. The molecule has 3 atom stereocenters. The second-order valence-corrected chi connectivity index (χ2v) is 12.8. The summed E-state index contributed by atoms with van der Waals surface area (Å²) < 4.78 is 100. The third-order valence-corrected chi connectivity index (χ3v) is 9.88. The fourth-order valence-electron chi connectivity index (χ4n) is 7.05. The van der Waals surface area contributed by atoms with Crippen molar-refractivity contribution in [1.82, 2.24) is 0 Å². The maximum atomic E-state index is 15.2. The van der Waals surface area contributed by atoms with Gasteiger partial charge in [-0.15, -0.1) is 0 Å². The largest absolute Gasteiger partial charge is 0.490 e. The number of aliphatic hydroxyl groups excluding tert-OH is 1.